The van der Waals surface area contributed by atoms with Crippen LogP contribution in [0.3, 0.4) is 0 Å². The third-order valence-corrected chi connectivity index (χ3v) is 8.82. The highest BCUT2D eigenvalue weighted by Crippen LogP contribution is 2.44. The lowest BCUT2D eigenvalue weighted by Crippen LogP contribution is -2.15. The summed E-state index contributed by atoms with van der Waals surface area (Å²) in [5.74, 6) is 0.463. The van der Waals surface area contributed by atoms with Crippen molar-refractivity contribution in [3.05, 3.63) is 168 Å². The fourth-order valence-electron chi connectivity index (χ4n) is 6.55. The predicted molar refractivity (Wildman–Crippen MR) is 198 cm³/mol. The molecule has 0 aliphatic carbocycles. The summed E-state index contributed by atoms with van der Waals surface area (Å²) in [6.45, 7) is 2.08. The predicted octanol–water partition coefficient (Wildman–Crippen LogP) is 10.9. The Balaban J connectivity index is 0.000000413. The zero-order chi connectivity index (χ0) is 31.9. The Labute approximate surface area is 272 Å². The van der Waals surface area contributed by atoms with Crippen molar-refractivity contribution >= 4 is 65.9 Å². The molecule has 0 unspecified atom stereocenters. The summed E-state index contributed by atoms with van der Waals surface area (Å²) in [7, 11) is 0. The van der Waals surface area contributed by atoms with E-state index in [9.17, 15) is 0 Å². The molecule has 0 saturated heterocycles. The summed E-state index contributed by atoms with van der Waals surface area (Å²) in [6, 6.07) is 51.4. The Morgan fingerprint density at radius 2 is 1.13 bits per heavy atom. The van der Waals surface area contributed by atoms with Crippen LogP contribution in [0.2, 0.25) is 0 Å². The summed E-state index contributed by atoms with van der Waals surface area (Å²) in [5.41, 5.74) is 13.0. The molecule has 9 rings (SSSR count). The van der Waals surface area contributed by atoms with E-state index in [2.05, 4.69) is 96.8 Å². The summed E-state index contributed by atoms with van der Waals surface area (Å²) in [6.07, 6.45) is 0. The third-order valence-electron chi connectivity index (χ3n) is 8.82. The van der Waals surface area contributed by atoms with Gasteiger partial charge in [0.25, 0.3) is 0 Å². The Kier molecular flexibility index (Phi) is 6.96. The highest BCUT2D eigenvalue weighted by Gasteiger charge is 2.18. The first-order valence-electron chi connectivity index (χ1n) is 15.7. The number of nitrogens with zero attached hydrogens (tertiary/aromatic N) is 1. The lowest BCUT2D eigenvalue weighted by atomic mass is 9.90. The number of hydrogen-bond donors (Lipinski definition) is 2. The minimum Gasteiger partial charge on any atom is -0.456 e. The van der Waals surface area contributed by atoms with Gasteiger partial charge < -0.3 is 10.2 Å². The van der Waals surface area contributed by atoms with Crippen molar-refractivity contribution in [2.75, 3.05) is 0 Å². The van der Waals surface area contributed by atoms with Gasteiger partial charge in [-0.1, -0.05) is 133 Å². The van der Waals surface area contributed by atoms with Crippen LogP contribution in [0, 0.1) is 12.3 Å². The molecule has 0 saturated carbocycles. The van der Waals surface area contributed by atoms with Crippen molar-refractivity contribution < 1.29 is 4.42 Å². The van der Waals surface area contributed by atoms with Crippen molar-refractivity contribution in [3.63, 3.8) is 0 Å². The number of nitrogens with one attached hydrogen (secondary N) is 1. The molecule has 0 aliphatic rings. The van der Waals surface area contributed by atoms with E-state index in [4.69, 9.17) is 15.6 Å². The first kappa shape index (κ1) is 28.2. The maximum atomic E-state index is 8.62. The maximum absolute atomic E-state index is 8.62. The topological polar surface area (TPSA) is 75.4 Å². The van der Waals surface area contributed by atoms with Gasteiger partial charge in [0.05, 0.1) is 0 Å². The SMILES string of the molecule is Cc1ccccc1.N=C(N=C(N)c1ccccc1)c1cccc(-c2ccc3ccc4c5cccc6oc7cccc(c4c3c2)c7c65)c1. The highest BCUT2D eigenvalue weighted by molar-refractivity contribution is 6.36. The molecule has 0 amide bonds. The number of aryl methyl sites for hydroxylation is 1. The molecule has 8 aromatic carbocycles. The second kappa shape index (κ2) is 11.6. The molecular formula is C43H31N3O. The Morgan fingerprint density at radius 1 is 0.532 bits per heavy atom. The van der Waals surface area contributed by atoms with Crippen molar-refractivity contribution in [2.45, 2.75) is 6.92 Å². The first-order chi connectivity index (χ1) is 23.0. The molecule has 0 radical (unpaired) electrons. The number of fused-ring (bicyclic) bond motifs is 5. The summed E-state index contributed by atoms with van der Waals surface area (Å²) >= 11 is 0. The monoisotopic (exact) mass is 605 g/mol. The van der Waals surface area contributed by atoms with Crippen LogP contribution >= 0.6 is 0 Å². The molecule has 224 valence electrons. The van der Waals surface area contributed by atoms with E-state index in [0.29, 0.717) is 11.4 Å². The van der Waals surface area contributed by atoms with Gasteiger partial charge in [-0.15, -0.1) is 0 Å². The van der Waals surface area contributed by atoms with Crippen LogP contribution in [0.1, 0.15) is 16.7 Å². The van der Waals surface area contributed by atoms with Gasteiger partial charge in [0.1, 0.15) is 17.0 Å². The number of nitrogens with two attached hydrogens (primary N) is 1. The maximum Gasteiger partial charge on any atom is 0.154 e. The number of furan rings is 1. The second-order valence-electron chi connectivity index (χ2n) is 11.8. The Hall–Kier alpha value is -6.26. The van der Waals surface area contributed by atoms with Gasteiger partial charge in [0, 0.05) is 21.9 Å². The molecule has 0 atom stereocenters. The quantitative estimate of drug-likeness (QED) is 0.119. The van der Waals surface area contributed by atoms with Gasteiger partial charge in [-0.25, -0.2) is 4.99 Å². The number of amidine groups is 2. The largest absolute Gasteiger partial charge is 0.456 e. The smallest absolute Gasteiger partial charge is 0.154 e. The van der Waals surface area contributed by atoms with E-state index in [0.717, 1.165) is 27.9 Å². The fourth-order valence-corrected chi connectivity index (χ4v) is 6.55. The standard InChI is InChI=1S/C36H23N3O.C7H8/c37-35(22-7-2-1-3-8-22)39-36(38)25-10-4-9-23(19-25)24-16-15-21-17-18-27-26-11-5-13-30-33(26)34-28(32(27)29(21)20-24)12-6-14-31(34)40-30;1-7-5-3-2-4-6-7/h1-20H,(H3,37,38,39);2-6H,1H3. The van der Waals surface area contributed by atoms with Gasteiger partial charge in [-0.05, 0) is 74.6 Å². The van der Waals surface area contributed by atoms with Gasteiger partial charge in [0.2, 0.25) is 0 Å². The molecule has 4 heteroatoms. The van der Waals surface area contributed by atoms with Crippen molar-refractivity contribution in [2.24, 2.45) is 10.7 Å². The summed E-state index contributed by atoms with van der Waals surface area (Å²) < 4.78 is 6.24. The number of rotatable bonds is 3. The zero-order valence-corrected chi connectivity index (χ0v) is 25.9. The highest BCUT2D eigenvalue weighted by atomic mass is 16.3. The molecule has 0 aliphatic heterocycles. The van der Waals surface area contributed by atoms with Crippen LogP contribution in [-0.4, -0.2) is 11.7 Å². The van der Waals surface area contributed by atoms with Gasteiger partial charge in [0.15, 0.2) is 5.84 Å². The van der Waals surface area contributed by atoms with Crippen molar-refractivity contribution in [3.8, 4) is 11.1 Å². The van der Waals surface area contributed by atoms with E-state index in [1.165, 1.54) is 48.7 Å². The average molecular weight is 606 g/mol. The first-order valence-corrected chi connectivity index (χ1v) is 15.7. The molecule has 0 bridgehead atoms. The van der Waals surface area contributed by atoms with Crippen LogP contribution < -0.4 is 5.73 Å². The average Bonchev–Trinajstić information content (AvgIpc) is 3.51. The van der Waals surface area contributed by atoms with Gasteiger partial charge in [-0.3, -0.25) is 5.41 Å². The molecule has 0 fully saturated rings. The van der Waals surface area contributed by atoms with E-state index >= 15 is 0 Å². The van der Waals surface area contributed by atoms with Crippen molar-refractivity contribution in [1.29, 1.82) is 5.41 Å². The van der Waals surface area contributed by atoms with E-state index < -0.39 is 0 Å². The molecule has 1 heterocycles. The number of hydrogen-bond acceptors (Lipinski definition) is 2. The molecule has 0 spiro atoms. The van der Waals surface area contributed by atoms with E-state index in [1.54, 1.807) is 0 Å². The molecule has 4 nitrogen and oxygen atoms in total. The lowest BCUT2D eigenvalue weighted by Gasteiger charge is -2.13. The van der Waals surface area contributed by atoms with Crippen LogP contribution in [0.4, 0.5) is 0 Å². The minimum atomic E-state index is 0.133. The molecule has 1 aromatic heterocycles. The molecule has 9 aromatic rings. The van der Waals surface area contributed by atoms with Crippen LogP contribution in [0.5, 0.6) is 0 Å². The number of benzene rings is 8. The Morgan fingerprint density at radius 3 is 1.85 bits per heavy atom. The van der Waals surface area contributed by atoms with Crippen LogP contribution in [-0.2, 0) is 0 Å². The van der Waals surface area contributed by atoms with Gasteiger partial charge in [-0.2, -0.15) is 0 Å². The van der Waals surface area contributed by atoms with Crippen molar-refractivity contribution in [1.82, 2.24) is 0 Å². The normalized spacial score (nSPS) is 11.8. The lowest BCUT2D eigenvalue weighted by molar-refractivity contribution is 0.669. The molecule has 47 heavy (non-hydrogen) atoms. The summed E-state index contributed by atoms with van der Waals surface area (Å²) in [5, 5.41) is 18.2. The van der Waals surface area contributed by atoms with Crippen LogP contribution in [0.25, 0.3) is 65.4 Å². The number of aliphatic imine (C=N–C) groups is 1. The van der Waals surface area contributed by atoms with Gasteiger partial charge >= 0.3 is 0 Å². The third kappa shape index (κ3) is 5.06. The van der Waals surface area contributed by atoms with E-state index in [1.807, 2.05) is 66.7 Å². The Bertz CT molecular complexity index is 2600. The summed E-state index contributed by atoms with van der Waals surface area (Å²) in [4.78, 5) is 4.39. The molecular weight excluding hydrogens is 574 g/mol. The van der Waals surface area contributed by atoms with E-state index in [-0.39, 0.29) is 5.84 Å². The minimum absolute atomic E-state index is 0.133. The fraction of sp³-hybridized carbons (Fsp3) is 0.0233. The molecule has 3 N–H and O–H groups in total. The second-order valence-corrected chi connectivity index (χ2v) is 11.8. The zero-order valence-electron chi connectivity index (χ0n) is 25.9. The van der Waals surface area contributed by atoms with Crippen LogP contribution in [0.15, 0.2) is 161 Å².